The second kappa shape index (κ2) is 9.59. The van der Waals surface area contributed by atoms with Gasteiger partial charge in [0.2, 0.25) is 5.91 Å². The molecular formula is C26H29N3O. The van der Waals surface area contributed by atoms with Crippen LogP contribution in [0.15, 0.2) is 91.0 Å². The summed E-state index contributed by atoms with van der Waals surface area (Å²) < 4.78 is 0. The zero-order valence-electron chi connectivity index (χ0n) is 17.4. The first kappa shape index (κ1) is 20.2. The number of anilines is 1. The molecule has 1 amide bonds. The molecule has 0 saturated carbocycles. The van der Waals surface area contributed by atoms with Gasteiger partial charge in [-0.05, 0) is 30.2 Å². The van der Waals surface area contributed by atoms with Gasteiger partial charge < -0.3 is 10.2 Å². The maximum Gasteiger partial charge on any atom is 0.237 e. The Kier molecular flexibility index (Phi) is 6.45. The number of para-hydroxylation sites is 1. The molecule has 30 heavy (non-hydrogen) atoms. The van der Waals surface area contributed by atoms with Crippen LogP contribution >= 0.6 is 0 Å². The van der Waals surface area contributed by atoms with Crippen molar-refractivity contribution in [1.82, 2.24) is 10.2 Å². The predicted octanol–water partition coefficient (Wildman–Crippen LogP) is 4.10. The molecule has 0 radical (unpaired) electrons. The van der Waals surface area contributed by atoms with E-state index in [1.54, 1.807) is 0 Å². The van der Waals surface area contributed by atoms with Crippen molar-refractivity contribution in [3.8, 4) is 0 Å². The van der Waals surface area contributed by atoms with Crippen molar-refractivity contribution in [2.75, 3.05) is 31.1 Å². The lowest BCUT2D eigenvalue weighted by atomic mass is 9.98. The molecule has 3 aromatic carbocycles. The fourth-order valence-electron chi connectivity index (χ4n) is 4.09. The summed E-state index contributed by atoms with van der Waals surface area (Å²) in [6.07, 6.45) is 0. The second-order valence-corrected chi connectivity index (χ2v) is 7.80. The Morgan fingerprint density at radius 2 is 1.20 bits per heavy atom. The molecule has 1 fully saturated rings. The van der Waals surface area contributed by atoms with E-state index in [9.17, 15) is 4.79 Å². The number of hydrogen-bond acceptors (Lipinski definition) is 3. The molecule has 1 N–H and O–H groups in total. The Morgan fingerprint density at radius 3 is 1.70 bits per heavy atom. The summed E-state index contributed by atoms with van der Waals surface area (Å²) in [5, 5.41) is 3.30. The quantitative estimate of drug-likeness (QED) is 0.678. The molecule has 4 nitrogen and oxygen atoms in total. The standard InChI is InChI=1S/C26H29N3O/c1-21(28-17-19-29(20-18-28)24-15-9-4-10-16-24)26(30)27-25(22-11-5-2-6-12-22)23-13-7-3-8-14-23/h2-16,21,25H,17-20H2,1H3,(H,27,30). The minimum Gasteiger partial charge on any atom is -0.369 e. The van der Waals surface area contributed by atoms with Gasteiger partial charge in [-0.2, -0.15) is 0 Å². The van der Waals surface area contributed by atoms with Crippen molar-refractivity contribution in [1.29, 1.82) is 0 Å². The zero-order valence-corrected chi connectivity index (χ0v) is 17.4. The highest BCUT2D eigenvalue weighted by molar-refractivity contribution is 5.82. The van der Waals surface area contributed by atoms with Crippen molar-refractivity contribution in [3.63, 3.8) is 0 Å². The maximum atomic E-state index is 13.2. The van der Waals surface area contributed by atoms with Crippen LogP contribution in [0.4, 0.5) is 5.69 Å². The van der Waals surface area contributed by atoms with Gasteiger partial charge in [0.05, 0.1) is 12.1 Å². The minimum absolute atomic E-state index is 0.0702. The lowest BCUT2D eigenvalue weighted by molar-refractivity contribution is -0.126. The molecule has 4 rings (SSSR count). The molecule has 1 saturated heterocycles. The average molecular weight is 400 g/mol. The van der Waals surface area contributed by atoms with Gasteiger partial charge in [-0.25, -0.2) is 0 Å². The third-order valence-corrected chi connectivity index (χ3v) is 5.92. The number of carbonyl (C=O) groups is 1. The smallest absolute Gasteiger partial charge is 0.237 e. The largest absolute Gasteiger partial charge is 0.369 e. The van der Waals surface area contributed by atoms with Crippen LogP contribution < -0.4 is 10.2 Å². The Balaban J connectivity index is 1.42. The van der Waals surface area contributed by atoms with Crippen LogP contribution in [0.3, 0.4) is 0 Å². The van der Waals surface area contributed by atoms with Gasteiger partial charge in [0.15, 0.2) is 0 Å². The van der Waals surface area contributed by atoms with Crippen molar-refractivity contribution in [2.24, 2.45) is 0 Å². The number of benzene rings is 3. The van der Waals surface area contributed by atoms with Crippen LogP contribution in [0.2, 0.25) is 0 Å². The first-order valence-corrected chi connectivity index (χ1v) is 10.7. The first-order valence-electron chi connectivity index (χ1n) is 10.7. The second-order valence-electron chi connectivity index (χ2n) is 7.80. The number of piperazine rings is 1. The highest BCUT2D eigenvalue weighted by Crippen LogP contribution is 2.23. The van der Waals surface area contributed by atoms with Gasteiger partial charge in [-0.15, -0.1) is 0 Å². The molecule has 0 spiro atoms. The maximum absolute atomic E-state index is 13.2. The number of nitrogens with zero attached hydrogens (tertiary/aromatic N) is 2. The van der Waals surface area contributed by atoms with Gasteiger partial charge in [-0.3, -0.25) is 9.69 Å². The van der Waals surface area contributed by atoms with E-state index in [0.717, 1.165) is 37.3 Å². The number of nitrogens with one attached hydrogen (secondary N) is 1. The van der Waals surface area contributed by atoms with E-state index in [1.807, 2.05) is 49.4 Å². The van der Waals surface area contributed by atoms with Gasteiger partial charge in [0.25, 0.3) is 0 Å². The normalized spacial score (nSPS) is 15.7. The number of rotatable bonds is 6. The summed E-state index contributed by atoms with van der Waals surface area (Å²) in [5.41, 5.74) is 3.44. The van der Waals surface area contributed by atoms with E-state index in [-0.39, 0.29) is 18.0 Å². The van der Waals surface area contributed by atoms with E-state index in [4.69, 9.17) is 0 Å². The molecule has 1 unspecified atom stereocenters. The third-order valence-electron chi connectivity index (χ3n) is 5.92. The minimum atomic E-state index is -0.169. The summed E-state index contributed by atoms with van der Waals surface area (Å²) in [6, 6.07) is 30.5. The molecule has 3 aromatic rings. The Bertz CT molecular complexity index is 883. The summed E-state index contributed by atoms with van der Waals surface area (Å²) >= 11 is 0. The average Bonchev–Trinajstić information content (AvgIpc) is 2.83. The molecule has 0 aliphatic carbocycles. The number of amides is 1. The molecular weight excluding hydrogens is 370 g/mol. The molecule has 1 aliphatic heterocycles. The predicted molar refractivity (Wildman–Crippen MR) is 123 cm³/mol. The van der Waals surface area contributed by atoms with Crippen LogP contribution in [0.5, 0.6) is 0 Å². The van der Waals surface area contributed by atoms with Crippen LogP contribution in [0.1, 0.15) is 24.1 Å². The first-order chi connectivity index (χ1) is 14.7. The van der Waals surface area contributed by atoms with E-state index in [0.29, 0.717) is 0 Å². The van der Waals surface area contributed by atoms with E-state index in [2.05, 4.69) is 63.6 Å². The number of hydrogen-bond donors (Lipinski definition) is 1. The fourth-order valence-corrected chi connectivity index (χ4v) is 4.09. The molecule has 0 bridgehead atoms. The summed E-state index contributed by atoms with van der Waals surface area (Å²) in [6.45, 7) is 5.64. The Labute approximate surface area is 179 Å². The van der Waals surface area contributed by atoms with Crippen LogP contribution in [0, 0.1) is 0 Å². The monoisotopic (exact) mass is 399 g/mol. The lowest BCUT2D eigenvalue weighted by Gasteiger charge is -2.39. The van der Waals surface area contributed by atoms with Crippen molar-refractivity contribution < 1.29 is 4.79 Å². The highest BCUT2D eigenvalue weighted by atomic mass is 16.2. The summed E-state index contributed by atoms with van der Waals surface area (Å²) in [4.78, 5) is 17.9. The van der Waals surface area contributed by atoms with Gasteiger partial charge in [-0.1, -0.05) is 78.9 Å². The van der Waals surface area contributed by atoms with Gasteiger partial charge in [0.1, 0.15) is 0 Å². The fraction of sp³-hybridized carbons (Fsp3) is 0.269. The van der Waals surface area contributed by atoms with Crippen LogP contribution in [-0.2, 0) is 4.79 Å². The topological polar surface area (TPSA) is 35.6 Å². The Morgan fingerprint density at radius 1 is 0.733 bits per heavy atom. The summed E-state index contributed by atoms with van der Waals surface area (Å²) in [5.74, 6) is 0.0702. The van der Waals surface area contributed by atoms with E-state index >= 15 is 0 Å². The summed E-state index contributed by atoms with van der Waals surface area (Å²) in [7, 11) is 0. The molecule has 4 heteroatoms. The zero-order chi connectivity index (χ0) is 20.8. The lowest BCUT2D eigenvalue weighted by Crippen LogP contribution is -2.54. The van der Waals surface area contributed by atoms with Crippen molar-refractivity contribution in [3.05, 3.63) is 102 Å². The van der Waals surface area contributed by atoms with Gasteiger partial charge >= 0.3 is 0 Å². The van der Waals surface area contributed by atoms with E-state index in [1.165, 1.54) is 5.69 Å². The van der Waals surface area contributed by atoms with Crippen molar-refractivity contribution in [2.45, 2.75) is 19.0 Å². The van der Waals surface area contributed by atoms with Crippen LogP contribution in [-0.4, -0.2) is 43.0 Å². The van der Waals surface area contributed by atoms with Gasteiger partial charge in [0, 0.05) is 31.9 Å². The van der Waals surface area contributed by atoms with Crippen molar-refractivity contribution >= 4 is 11.6 Å². The third kappa shape index (κ3) is 4.71. The van der Waals surface area contributed by atoms with E-state index < -0.39 is 0 Å². The SMILES string of the molecule is CC(C(=O)NC(c1ccccc1)c1ccccc1)N1CCN(c2ccccc2)CC1. The number of carbonyl (C=O) groups excluding carboxylic acids is 1. The van der Waals surface area contributed by atoms with Crippen LogP contribution in [0.25, 0.3) is 0 Å². The molecule has 1 heterocycles. The Hall–Kier alpha value is -3.11. The molecule has 154 valence electrons. The molecule has 1 atom stereocenters. The molecule has 1 aliphatic rings. The molecule has 0 aromatic heterocycles. The highest BCUT2D eigenvalue weighted by Gasteiger charge is 2.27.